The van der Waals surface area contributed by atoms with Crippen LogP contribution in [0.5, 0.6) is 5.75 Å². The van der Waals surface area contributed by atoms with Crippen LogP contribution in [0.2, 0.25) is 0 Å². The molecule has 1 aromatic heterocycles. The fraction of sp³-hybridized carbons (Fsp3) is 0.522. The summed E-state index contributed by atoms with van der Waals surface area (Å²) >= 11 is 0. The summed E-state index contributed by atoms with van der Waals surface area (Å²) in [7, 11) is -1.86. The summed E-state index contributed by atoms with van der Waals surface area (Å²) in [5.41, 5.74) is 4.06. The number of nitrogens with one attached hydrogen (secondary N) is 1. The number of benzene rings is 1. The molecule has 2 aromatic rings. The van der Waals surface area contributed by atoms with Crippen molar-refractivity contribution in [2.45, 2.75) is 58.9 Å². The van der Waals surface area contributed by atoms with Crippen LogP contribution in [0.25, 0.3) is 5.70 Å². The van der Waals surface area contributed by atoms with Crippen LogP contribution < -0.4 is 9.46 Å². The zero-order valence-electron chi connectivity index (χ0n) is 18.3. The van der Waals surface area contributed by atoms with Crippen molar-refractivity contribution in [1.29, 1.82) is 0 Å². The largest absolute Gasteiger partial charge is 0.496 e. The van der Waals surface area contributed by atoms with Crippen molar-refractivity contribution in [2.24, 2.45) is 5.92 Å². The van der Waals surface area contributed by atoms with E-state index in [-0.39, 0.29) is 11.7 Å². The molecule has 0 aliphatic heterocycles. The van der Waals surface area contributed by atoms with Gasteiger partial charge in [-0.1, -0.05) is 38.8 Å². The van der Waals surface area contributed by atoms with Crippen LogP contribution in [0.15, 0.2) is 31.0 Å². The van der Waals surface area contributed by atoms with Gasteiger partial charge in [-0.15, -0.1) is 0 Å². The number of rotatable bonds is 9. The molecule has 0 radical (unpaired) electrons. The lowest BCUT2D eigenvalue weighted by molar-refractivity contribution is 0.384. The van der Waals surface area contributed by atoms with Gasteiger partial charge in [0.1, 0.15) is 5.75 Å². The molecular formula is C23H33N3O3S. The molecular weight excluding hydrogens is 398 g/mol. The van der Waals surface area contributed by atoms with Gasteiger partial charge in [-0.3, -0.25) is 9.40 Å². The molecule has 1 aromatic carbocycles. The maximum atomic E-state index is 12.7. The third kappa shape index (κ3) is 5.65. The number of aromatic nitrogens is 2. The Hall–Kier alpha value is -2.28. The van der Waals surface area contributed by atoms with Gasteiger partial charge in [-0.25, -0.2) is 8.42 Å². The Balaban J connectivity index is 1.76. The second kappa shape index (κ2) is 9.69. The third-order valence-corrected chi connectivity index (χ3v) is 7.21. The van der Waals surface area contributed by atoms with E-state index in [1.54, 1.807) is 7.11 Å². The van der Waals surface area contributed by atoms with Crippen LogP contribution in [0.1, 0.15) is 61.4 Å². The molecule has 3 rings (SSSR count). The molecule has 1 aliphatic rings. The molecule has 30 heavy (non-hydrogen) atoms. The number of nitrogens with zero attached hydrogens (tertiary/aromatic N) is 2. The number of hydrogen-bond acceptors (Lipinski definition) is 4. The minimum atomic E-state index is -3.45. The number of ether oxygens (including phenoxy) is 1. The van der Waals surface area contributed by atoms with Crippen LogP contribution in [0.3, 0.4) is 0 Å². The molecule has 0 saturated heterocycles. The number of sulfonamides is 1. The summed E-state index contributed by atoms with van der Waals surface area (Å²) in [6, 6.07) is 5.98. The Kier molecular flexibility index (Phi) is 7.23. The zero-order valence-corrected chi connectivity index (χ0v) is 19.1. The molecule has 6 nitrogen and oxygen atoms in total. The van der Waals surface area contributed by atoms with Crippen LogP contribution in [0, 0.1) is 12.8 Å². The Morgan fingerprint density at radius 2 is 2.03 bits per heavy atom. The van der Waals surface area contributed by atoms with E-state index in [4.69, 9.17) is 4.74 Å². The topological polar surface area (TPSA) is 73.2 Å². The number of aryl methyl sites for hydroxylation is 2. The minimum absolute atomic E-state index is 0.157. The minimum Gasteiger partial charge on any atom is -0.496 e. The molecule has 1 heterocycles. The smallest absolute Gasteiger partial charge is 0.232 e. The van der Waals surface area contributed by atoms with Gasteiger partial charge in [-0.2, -0.15) is 5.10 Å². The van der Waals surface area contributed by atoms with E-state index < -0.39 is 10.0 Å². The van der Waals surface area contributed by atoms with Gasteiger partial charge in [0, 0.05) is 11.8 Å². The summed E-state index contributed by atoms with van der Waals surface area (Å²) in [5, 5.41) is 4.54. The highest BCUT2D eigenvalue weighted by molar-refractivity contribution is 7.89. The van der Waals surface area contributed by atoms with Gasteiger partial charge in [0.25, 0.3) is 0 Å². The normalized spacial score (nSPS) is 15.2. The van der Waals surface area contributed by atoms with Crippen molar-refractivity contribution in [3.63, 3.8) is 0 Å². The molecule has 0 unspecified atom stereocenters. The lowest BCUT2D eigenvalue weighted by Gasteiger charge is -2.23. The van der Waals surface area contributed by atoms with Crippen LogP contribution >= 0.6 is 0 Å². The second-order valence-electron chi connectivity index (χ2n) is 8.21. The van der Waals surface area contributed by atoms with Gasteiger partial charge < -0.3 is 4.74 Å². The fourth-order valence-corrected chi connectivity index (χ4v) is 5.79. The molecule has 7 heteroatoms. The van der Waals surface area contributed by atoms with Gasteiger partial charge in [-0.05, 0) is 55.4 Å². The van der Waals surface area contributed by atoms with E-state index in [1.807, 2.05) is 36.0 Å². The van der Waals surface area contributed by atoms with E-state index in [0.717, 1.165) is 48.9 Å². The summed E-state index contributed by atoms with van der Waals surface area (Å²) in [4.78, 5) is 0. The van der Waals surface area contributed by atoms with Gasteiger partial charge in [0.15, 0.2) is 0 Å². The highest BCUT2D eigenvalue weighted by Crippen LogP contribution is 2.31. The zero-order chi connectivity index (χ0) is 21.7. The summed E-state index contributed by atoms with van der Waals surface area (Å²) in [5.74, 6) is 1.000. The molecule has 0 spiro atoms. The first-order valence-corrected chi connectivity index (χ1v) is 12.4. The first kappa shape index (κ1) is 22.4. The SMILES string of the molecule is C=C(NS(=O)(=O)CC1CCCCC1)c1c(C)cc(Cn2ccc(CC)n2)cc1OC. The maximum Gasteiger partial charge on any atom is 0.232 e. The quantitative estimate of drug-likeness (QED) is 0.643. The van der Waals surface area contributed by atoms with Gasteiger partial charge >= 0.3 is 0 Å². The van der Waals surface area contributed by atoms with E-state index in [9.17, 15) is 8.42 Å². The molecule has 1 saturated carbocycles. The molecule has 0 amide bonds. The Morgan fingerprint density at radius 3 is 2.67 bits per heavy atom. The van der Waals surface area contributed by atoms with Crippen molar-refractivity contribution >= 4 is 15.7 Å². The Morgan fingerprint density at radius 1 is 1.30 bits per heavy atom. The summed E-state index contributed by atoms with van der Waals surface area (Å²) in [6.45, 7) is 8.66. The fourth-order valence-electron chi connectivity index (χ4n) is 4.28. The van der Waals surface area contributed by atoms with Crippen molar-refractivity contribution in [3.05, 3.63) is 53.4 Å². The highest BCUT2D eigenvalue weighted by atomic mass is 32.2. The first-order valence-electron chi connectivity index (χ1n) is 10.7. The van der Waals surface area contributed by atoms with Gasteiger partial charge in [0.2, 0.25) is 10.0 Å². The summed E-state index contributed by atoms with van der Waals surface area (Å²) in [6.07, 6.45) is 8.27. The molecule has 1 N–H and O–H groups in total. The second-order valence-corrected chi connectivity index (χ2v) is 9.98. The molecule has 0 atom stereocenters. The van der Waals surface area contributed by atoms with Crippen molar-refractivity contribution in [3.8, 4) is 5.75 Å². The van der Waals surface area contributed by atoms with Crippen molar-refractivity contribution in [1.82, 2.24) is 14.5 Å². The number of methoxy groups -OCH3 is 1. The van der Waals surface area contributed by atoms with Crippen LogP contribution in [-0.4, -0.2) is 31.1 Å². The monoisotopic (exact) mass is 431 g/mol. The first-order chi connectivity index (χ1) is 14.3. The molecule has 0 bridgehead atoms. The lowest BCUT2D eigenvalue weighted by atomic mass is 9.91. The van der Waals surface area contributed by atoms with E-state index >= 15 is 0 Å². The van der Waals surface area contributed by atoms with E-state index in [1.165, 1.54) is 6.42 Å². The molecule has 164 valence electrons. The average molecular weight is 432 g/mol. The molecule has 1 aliphatic carbocycles. The van der Waals surface area contributed by atoms with Crippen LogP contribution in [-0.2, 0) is 23.0 Å². The molecule has 1 fully saturated rings. The Bertz CT molecular complexity index is 989. The Labute approximate surface area is 180 Å². The maximum absolute atomic E-state index is 12.7. The van der Waals surface area contributed by atoms with E-state index in [0.29, 0.717) is 23.6 Å². The predicted molar refractivity (Wildman–Crippen MR) is 121 cm³/mol. The summed E-state index contributed by atoms with van der Waals surface area (Å²) < 4.78 is 35.6. The lowest BCUT2D eigenvalue weighted by Crippen LogP contribution is -2.29. The predicted octanol–water partition coefficient (Wildman–Crippen LogP) is 4.28. The van der Waals surface area contributed by atoms with Crippen molar-refractivity contribution < 1.29 is 13.2 Å². The van der Waals surface area contributed by atoms with E-state index in [2.05, 4.69) is 23.3 Å². The standard InChI is InChI=1S/C23H33N3O3S/c1-5-21-11-12-26(24-21)15-20-13-17(2)23(22(14-20)29-4)18(3)25-30(27,28)16-19-9-7-6-8-10-19/h11-14,19,25H,3,5-10,15-16H2,1-2,4H3. The third-order valence-electron chi connectivity index (χ3n) is 5.74. The average Bonchev–Trinajstić information content (AvgIpc) is 3.14. The van der Waals surface area contributed by atoms with Gasteiger partial charge in [0.05, 0.1) is 30.8 Å². The number of hydrogen-bond donors (Lipinski definition) is 1. The highest BCUT2D eigenvalue weighted by Gasteiger charge is 2.23. The van der Waals surface area contributed by atoms with Crippen molar-refractivity contribution in [2.75, 3.05) is 12.9 Å². The van der Waals surface area contributed by atoms with Crippen LogP contribution in [0.4, 0.5) is 0 Å².